The molecule has 0 aliphatic heterocycles. The molecule has 0 aliphatic carbocycles. The summed E-state index contributed by atoms with van der Waals surface area (Å²) in [5, 5.41) is 8.38. The van der Waals surface area contributed by atoms with Gasteiger partial charge in [0.1, 0.15) is 0 Å². The summed E-state index contributed by atoms with van der Waals surface area (Å²) in [6.07, 6.45) is 0. The highest BCUT2D eigenvalue weighted by Gasteiger charge is 2.20. The minimum atomic E-state index is 0.698. The van der Waals surface area contributed by atoms with Crippen LogP contribution in [0.1, 0.15) is 0 Å². The van der Waals surface area contributed by atoms with Crippen molar-refractivity contribution >= 4 is 65.3 Å². The third-order valence-corrected chi connectivity index (χ3v) is 11.7. The van der Waals surface area contributed by atoms with E-state index in [2.05, 4.69) is 204 Å². The topological polar surface area (TPSA) is 46.5 Å². The van der Waals surface area contributed by atoms with Crippen molar-refractivity contribution in [2.45, 2.75) is 0 Å². The molecule has 0 aliphatic rings. The zero-order valence-electron chi connectivity index (χ0n) is 31.4. The number of aromatic amines is 1. The first kappa shape index (κ1) is 32.4. The van der Waals surface area contributed by atoms with Crippen LogP contribution in [0.3, 0.4) is 0 Å². The van der Waals surface area contributed by atoms with E-state index in [1.165, 1.54) is 43.4 Å². The fourth-order valence-corrected chi connectivity index (χ4v) is 8.98. The molecular formula is C54H34N4. The molecule has 4 nitrogen and oxygen atoms in total. The molecule has 4 heteroatoms. The van der Waals surface area contributed by atoms with E-state index in [9.17, 15) is 0 Å². The molecule has 0 radical (unpaired) electrons. The molecule has 0 saturated heterocycles. The van der Waals surface area contributed by atoms with E-state index in [1.54, 1.807) is 0 Å². The quantitative estimate of drug-likeness (QED) is 0.191. The van der Waals surface area contributed by atoms with Gasteiger partial charge in [-0.1, -0.05) is 164 Å². The third kappa shape index (κ3) is 5.09. The Morgan fingerprint density at radius 3 is 1.88 bits per heavy atom. The lowest BCUT2D eigenvalue weighted by atomic mass is 9.99. The van der Waals surface area contributed by atoms with E-state index in [0.29, 0.717) is 5.82 Å². The van der Waals surface area contributed by atoms with Gasteiger partial charge in [0.05, 0.1) is 27.8 Å². The molecule has 0 fully saturated rings. The maximum atomic E-state index is 5.41. The summed E-state index contributed by atoms with van der Waals surface area (Å²) < 4.78 is 2.42. The second-order valence-corrected chi connectivity index (χ2v) is 15.1. The van der Waals surface area contributed by atoms with E-state index >= 15 is 0 Å². The molecule has 0 bridgehead atoms. The summed E-state index contributed by atoms with van der Waals surface area (Å²) in [7, 11) is 0. The largest absolute Gasteiger partial charge is 0.353 e. The molecule has 58 heavy (non-hydrogen) atoms. The second kappa shape index (κ2) is 12.9. The van der Waals surface area contributed by atoms with Crippen molar-refractivity contribution < 1.29 is 0 Å². The third-order valence-electron chi connectivity index (χ3n) is 11.7. The van der Waals surface area contributed by atoms with E-state index < -0.39 is 0 Å². The number of para-hydroxylation sites is 1. The Bertz CT molecular complexity index is 3540. The van der Waals surface area contributed by atoms with E-state index in [0.717, 1.165) is 66.6 Å². The van der Waals surface area contributed by atoms with Crippen LogP contribution in [0.5, 0.6) is 0 Å². The van der Waals surface area contributed by atoms with Crippen LogP contribution in [0.25, 0.3) is 116 Å². The lowest BCUT2D eigenvalue weighted by molar-refractivity contribution is 1.18. The first-order valence-corrected chi connectivity index (χ1v) is 19.7. The van der Waals surface area contributed by atoms with Crippen molar-refractivity contribution in [3.8, 4) is 50.6 Å². The predicted molar refractivity (Wildman–Crippen MR) is 242 cm³/mol. The Labute approximate surface area is 334 Å². The van der Waals surface area contributed by atoms with Crippen molar-refractivity contribution in [2.75, 3.05) is 0 Å². The normalized spacial score (nSPS) is 11.8. The van der Waals surface area contributed by atoms with Crippen LogP contribution < -0.4 is 0 Å². The van der Waals surface area contributed by atoms with Crippen molar-refractivity contribution in [2.24, 2.45) is 0 Å². The molecule has 9 aromatic carbocycles. The number of hydrogen-bond donors (Lipinski definition) is 1. The van der Waals surface area contributed by atoms with Gasteiger partial charge < -0.3 is 9.55 Å². The average Bonchev–Trinajstić information content (AvgIpc) is 3.86. The molecule has 3 aromatic heterocycles. The zero-order chi connectivity index (χ0) is 38.2. The molecule has 270 valence electrons. The fraction of sp³-hybridized carbons (Fsp3) is 0. The fourth-order valence-electron chi connectivity index (χ4n) is 8.98. The minimum absolute atomic E-state index is 0.698. The first-order valence-electron chi connectivity index (χ1n) is 19.7. The molecule has 12 rings (SSSR count). The van der Waals surface area contributed by atoms with E-state index in [1.807, 2.05) is 6.07 Å². The summed E-state index contributed by atoms with van der Waals surface area (Å²) in [6.45, 7) is 0. The molecule has 0 unspecified atom stereocenters. The molecule has 0 amide bonds. The predicted octanol–water partition coefficient (Wildman–Crippen LogP) is 14.2. The Morgan fingerprint density at radius 2 is 1.05 bits per heavy atom. The number of fused-ring (bicyclic) bond motifs is 10. The SMILES string of the molecule is c1ccc(-c2ccc(-c3nc(-c4cccc(-c5ccccc5)c4)c4cc(-n5c6ccccc6c6ccc7c([nH]c8ccc9ccccc9c87)c65)ccc4n3)cc2)cc1. The van der Waals surface area contributed by atoms with Gasteiger partial charge in [0.2, 0.25) is 0 Å². The van der Waals surface area contributed by atoms with Crippen molar-refractivity contribution in [1.82, 2.24) is 19.5 Å². The first-order chi connectivity index (χ1) is 28.7. The zero-order valence-corrected chi connectivity index (χ0v) is 31.4. The summed E-state index contributed by atoms with van der Waals surface area (Å²) in [5.41, 5.74) is 14.1. The van der Waals surface area contributed by atoms with Gasteiger partial charge >= 0.3 is 0 Å². The Kier molecular flexibility index (Phi) is 7.20. The maximum absolute atomic E-state index is 5.41. The van der Waals surface area contributed by atoms with Crippen molar-refractivity contribution in [3.05, 3.63) is 200 Å². The number of nitrogens with zero attached hydrogens (tertiary/aromatic N) is 3. The standard InChI is InChI=1S/C54H34N4/c1-3-12-34(13-4-1)36-22-24-38(25-23-36)54-56-47-31-27-41(33-46(47)51(57-54)40-18-11-17-39(32-40)35-14-5-2-6-15-35)58-49-21-10-9-20-43(49)44-28-29-45-50-42-19-8-7-16-37(42)26-30-48(50)55-52(45)53(44)58/h1-33,55H. The number of H-pyrrole nitrogens is 1. The molecule has 1 N–H and O–H groups in total. The van der Waals surface area contributed by atoms with Gasteiger partial charge in [-0.3, -0.25) is 0 Å². The van der Waals surface area contributed by atoms with Gasteiger partial charge in [-0.25, -0.2) is 9.97 Å². The second-order valence-electron chi connectivity index (χ2n) is 15.1. The number of rotatable bonds is 5. The number of hydrogen-bond acceptors (Lipinski definition) is 2. The molecule has 0 atom stereocenters. The van der Waals surface area contributed by atoms with Gasteiger partial charge in [-0.2, -0.15) is 0 Å². The van der Waals surface area contributed by atoms with Crippen LogP contribution in [-0.4, -0.2) is 19.5 Å². The highest BCUT2D eigenvalue weighted by Crippen LogP contribution is 2.42. The Hall–Kier alpha value is -7.82. The number of benzene rings is 9. The van der Waals surface area contributed by atoms with E-state index in [4.69, 9.17) is 9.97 Å². The highest BCUT2D eigenvalue weighted by molar-refractivity contribution is 6.27. The van der Waals surface area contributed by atoms with Gasteiger partial charge in [0, 0.05) is 49.3 Å². The smallest absolute Gasteiger partial charge is 0.160 e. The van der Waals surface area contributed by atoms with Crippen LogP contribution in [-0.2, 0) is 0 Å². The summed E-state index contributed by atoms with van der Waals surface area (Å²) in [6, 6.07) is 71.4. The minimum Gasteiger partial charge on any atom is -0.353 e. The lowest BCUT2D eigenvalue weighted by Crippen LogP contribution is -1.99. The molecule has 3 heterocycles. The number of aromatic nitrogens is 4. The van der Waals surface area contributed by atoms with E-state index in [-0.39, 0.29) is 0 Å². The van der Waals surface area contributed by atoms with Crippen molar-refractivity contribution in [1.29, 1.82) is 0 Å². The van der Waals surface area contributed by atoms with Gasteiger partial charge in [-0.05, 0) is 69.4 Å². The van der Waals surface area contributed by atoms with Crippen LogP contribution in [0.4, 0.5) is 0 Å². The van der Waals surface area contributed by atoms with Gasteiger partial charge in [0.15, 0.2) is 5.82 Å². The maximum Gasteiger partial charge on any atom is 0.160 e. The molecular weight excluding hydrogens is 705 g/mol. The molecule has 0 spiro atoms. The van der Waals surface area contributed by atoms with Gasteiger partial charge in [0.25, 0.3) is 0 Å². The van der Waals surface area contributed by atoms with Crippen LogP contribution in [0.2, 0.25) is 0 Å². The van der Waals surface area contributed by atoms with Crippen molar-refractivity contribution in [3.63, 3.8) is 0 Å². The van der Waals surface area contributed by atoms with Crippen LogP contribution in [0.15, 0.2) is 200 Å². The Balaban J connectivity index is 1.11. The van der Waals surface area contributed by atoms with Crippen LogP contribution in [0, 0.1) is 0 Å². The lowest BCUT2D eigenvalue weighted by Gasteiger charge is -2.14. The van der Waals surface area contributed by atoms with Gasteiger partial charge in [-0.15, -0.1) is 0 Å². The molecule has 12 aromatic rings. The summed E-state index contributed by atoms with van der Waals surface area (Å²) in [5.74, 6) is 0.698. The highest BCUT2D eigenvalue weighted by atomic mass is 15.0. The summed E-state index contributed by atoms with van der Waals surface area (Å²) in [4.78, 5) is 14.5. The number of nitrogens with one attached hydrogen (secondary N) is 1. The van der Waals surface area contributed by atoms with Crippen LogP contribution >= 0.6 is 0 Å². The Morgan fingerprint density at radius 1 is 0.397 bits per heavy atom. The molecule has 0 saturated carbocycles. The monoisotopic (exact) mass is 738 g/mol. The summed E-state index contributed by atoms with van der Waals surface area (Å²) >= 11 is 0. The average molecular weight is 739 g/mol.